The lowest BCUT2D eigenvalue weighted by Gasteiger charge is -2.20. The Bertz CT molecular complexity index is 405. The molecule has 120 valence electrons. The van der Waals surface area contributed by atoms with Crippen LogP contribution in [0.3, 0.4) is 0 Å². The minimum atomic E-state index is 0.0236. The maximum Gasteiger partial charge on any atom is 0.157 e. The van der Waals surface area contributed by atoms with E-state index in [1.54, 1.807) is 0 Å². The van der Waals surface area contributed by atoms with Crippen molar-refractivity contribution >= 4 is 0 Å². The van der Waals surface area contributed by atoms with Crippen molar-refractivity contribution in [3.8, 4) is 0 Å². The van der Waals surface area contributed by atoms with Gasteiger partial charge in [0.1, 0.15) is 6.10 Å². The number of nitrogens with one attached hydrogen (secondary N) is 1. The van der Waals surface area contributed by atoms with Gasteiger partial charge in [-0.05, 0) is 45.2 Å². The standard InChI is InChI=1S/C17H31N3O/c1-7-10-15(21-9-3)17-19-13(5)16(14(6)20-17)12(4)11-18-8-2/h12,15,18H,7-11H2,1-6H3. The van der Waals surface area contributed by atoms with Crippen LogP contribution >= 0.6 is 0 Å². The fraction of sp³-hybridized carbons (Fsp3) is 0.765. The van der Waals surface area contributed by atoms with Crippen LogP contribution < -0.4 is 5.32 Å². The van der Waals surface area contributed by atoms with E-state index in [1.807, 2.05) is 6.92 Å². The predicted molar refractivity (Wildman–Crippen MR) is 87.7 cm³/mol. The fourth-order valence-electron chi connectivity index (χ4n) is 2.82. The van der Waals surface area contributed by atoms with Gasteiger partial charge in [0, 0.05) is 24.5 Å². The summed E-state index contributed by atoms with van der Waals surface area (Å²) in [6.45, 7) is 15.4. The summed E-state index contributed by atoms with van der Waals surface area (Å²) in [5.41, 5.74) is 3.44. The van der Waals surface area contributed by atoms with E-state index < -0.39 is 0 Å². The molecule has 0 aromatic carbocycles. The second-order valence-electron chi connectivity index (χ2n) is 5.61. The summed E-state index contributed by atoms with van der Waals surface area (Å²) >= 11 is 0. The first-order chi connectivity index (χ1) is 10.0. The molecule has 0 saturated carbocycles. The summed E-state index contributed by atoms with van der Waals surface area (Å²) in [4.78, 5) is 9.47. The summed E-state index contributed by atoms with van der Waals surface area (Å²) in [5.74, 6) is 1.27. The molecule has 0 fully saturated rings. The second kappa shape index (κ2) is 9.11. The van der Waals surface area contributed by atoms with E-state index in [-0.39, 0.29) is 6.10 Å². The molecule has 2 unspecified atom stereocenters. The Kier molecular flexibility index (Phi) is 7.83. The Balaban J connectivity index is 3.02. The van der Waals surface area contributed by atoms with E-state index in [9.17, 15) is 0 Å². The largest absolute Gasteiger partial charge is 0.371 e. The molecule has 1 aromatic heterocycles. The van der Waals surface area contributed by atoms with Crippen molar-refractivity contribution in [1.29, 1.82) is 0 Å². The molecule has 0 saturated heterocycles. The molecule has 0 aliphatic rings. The zero-order valence-electron chi connectivity index (χ0n) is 14.5. The molecule has 0 amide bonds. The molecule has 0 spiro atoms. The van der Waals surface area contributed by atoms with Crippen LogP contribution in [0.2, 0.25) is 0 Å². The molecule has 0 aliphatic carbocycles. The molecular weight excluding hydrogens is 262 g/mol. The lowest BCUT2D eigenvalue weighted by molar-refractivity contribution is 0.0491. The van der Waals surface area contributed by atoms with Gasteiger partial charge in [-0.1, -0.05) is 27.2 Å². The SMILES string of the molecule is CCCC(OCC)c1nc(C)c(C(C)CNCC)c(C)n1. The molecule has 1 N–H and O–H groups in total. The van der Waals surface area contributed by atoms with E-state index in [2.05, 4.69) is 39.9 Å². The van der Waals surface area contributed by atoms with Gasteiger partial charge in [-0.3, -0.25) is 0 Å². The van der Waals surface area contributed by atoms with Gasteiger partial charge in [0.05, 0.1) is 0 Å². The van der Waals surface area contributed by atoms with Crippen molar-refractivity contribution < 1.29 is 4.74 Å². The minimum Gasteiger partial charge on any atom is -0.371 e. The highest BCUT2D eigenvalue weighted by Gasteiger charge is 2.19. The molecule has 4 heteroatoms. The number of nitrogens with zero attached hydrogens (tertiary/aromatic N) is 2. The molecule has 4 nitrogen and oxygen atoms in total. The van der Waals surface area contributed by atoms with Crippen LogP contribution in [-0.4, -0.2) is 29.7 Å². The second-order valence-corrected chi connectivity index (χ2v) is 5.61. The van der Waals surface area contributed by atoms with Crippen molar-refractivity contribution in [2.75, 3.05) is 19.7 Å². The van der Waals surface area contributed by atoms with Crippen molar-refractivity contribution in [1.82, 2.24) is 15.3 Å². The fourth-order valence-corrected chi connectivity index (χ4v) is 2.82. The normalized spacial score (nSPS) is 14.2. The highest BCUT2D eigenvalue weighted by Crippen LogP contribution is 2.25. The summed E-state index contributed by atoms with van der Waals surface area (Å²) in [6.07, 6.45) is 2.07. The number of hydrogen-bond donors (Lipinski definition) is 1. The van der Waals surface area contributed by atoms with Gasteiger partial charge in [0.15, 0.2) is 5.82 Å². The first kappa shape index (κ1) is 18.1. The molecule has 2 atom stereocenters. The van der Waals surface area contributed by atoms with Crippen LogP contribution in [0.5, 0.6) is 0 Å². The minimum absolute atomic E-state index is 0.0236. The Morgan fingerprint density at radius 1 is 1.10 bits per heavy atom. The topological polar surface area (TPSA) is 47.0 Å². The number of hydrogen-bond acceptors (Lipinski definition) is 4. The van der Waals surface area contributed by atoms with E-state index in [4.69, 9.17) is 14.7 Å². The van der Waals surface area contributed by atoms with Gasteiger partial charge in [-0.25, -0.2) is 9.97 Å². The lowest BCUT2D eigenvalue weighted by Crippen LogP contribution is -2.22. The summed E-state index contributed by atoms with van der Waals surface area (Å²) in [5, 5.41) is 3.40. The van der Waals surface area contributed by atoms with E-state index >= 15 is 0 Å². The van der Waals surface area contributed by atoms with E-state index in [1.165, 1.54) is 5.56 Å². The van der Waals surface area contributed by atoms with Gasteiger partial charge in [0.2, 0.25) is 0 Å². The first-order valence-electron chi connectivity index (χ1n) is 8.22. The van der Waals surface area contributed by atoms with Crippen molar-refractivity contribution in [2.45, 2.75) is 66.4 Å². The molecule has 0 bridgehead atoms. The average Bonchev–Trinajstić information content (AvgIpc) is 2.44. The maximum atomic E-state index is 5.81. The van der Waals surface area contributed by atoms with Gasteiger partial charge < -0.3 is 10.1 Å². The highest BCUT2D eigenvalue weighted by atomic mass is 16.5. The van der Waals surface area contributed by atoms with Gasteiger partial charge >= 0.3 is 0 Å². The number of aryl methyl sites for hydroxylation is 2. The van der Waals surface area contributed by atoms with Crippen LogP contribution in [0.1, 0.15) is 75.3 Å². The molecule has 21 heavy (non-hydrogen) atoms. The third-order valence-electron chi connectivity index (χ3n) is 3.74. The van der Waals surface area contributed by atoms with Crippen LogP contribution in [-0.2, 0) is 4.74 Å². The smallest absolute Gasteiger partial charge is 0.157 e. The van der Waals surface area contributed by atoms with Crippen LogP contribution in [0.4, 0.5) is 0 Å². The van der Waals surface area contributed by atoms with Crippen molar-refractivity contribution in [2.24, 2.45) is 0 Å². The first-order valence-corrected chi connectivity index (χ1v) is 8.22. The Hall–Kier alpha value is -1.00. The molecule has 0 radical (unpaired) electrons. The van der Waals surface area contributed by atoms with E-state index in [0.29, 0.717) is 12.5 Å². The average molecular weight is 293 g/mol. The Morgan fingerprint density at radius 3 is 2.19 bits per heavy atom. The Morgan fingerprint density at radius 2 is 1.71 bits per heavy atom. The lowest BCUT2D eigenvalue weighted by atomic mass is 9.97. The van der Waals surface area contributed by atoms with E-state index in [0.717, 1.165) is 43.1 Å². The van der Waals surface area contributed by atoms with Gasteiger partial charge in [0.25, 0.3) is 0 Å². The summed E-state index contributed by atoms with van der Waals surface area (Å²) in [7, 11) is 0. The van der Waals surface area contributed by atoms with Crippen LogP contribution in [0.25, 0.3) is 0 Å². The molecule has 1 rings (SSSR count). The molecule has 1 heterocycles. The Labute approximate surface area is 129 Å². The highest BCUT2D eigenvalue weighted by molar-refractivity contribution is 5.28. The molecular formula is C17H31N3O. The van der Waals surface area contributed by atoms with Crippen LogP contribution in [0.15, 0.2) is 0 Å². The maximum absolute atomic E-state index is 5.81. The third-order valence-corrected chi connectivity index (χ3v) is 3.74. The zero-order valence-corrected chi connectivity index (χ0v) is 14.5. The van der Waals surface area contributed by atoms with Crippen LogP contribution in [0, 0.1) is 13.8 Å². The summed E-state index contributed by atoms with van der Waals surface area (Å²) in [6, 6.07) is 0. The number of ether oxygens (including phenoxy) is 1. The zero-order chi connectivity index (χ0) is 15.8. The predicted octanol–water partition coefficient (Wildman–Crippen LogP) is 3.68. The number of likely N-dealkylation sites (N-methyl/N-ethyl adjacent to an activating group) is 1. The van der Waals surface area contributed by atoms with Crippen molar-refractivity contribution in [3.05, 3.63) is 22.8 Å². The monoisotopic (exact) mass is 293 g/mol. The number of rotatable bonds is 9. The number of aromatic nitrogens is 2. The van der Waals surface area contributed by atoms with Crippen molar-refractivity contribution in [3.63, 3.8) is 0 Å². The third kappa shape index (κ3) is 5.04. The van der Waals surface area contributed by atoms with Gasteiger partial charge in [-0.15, -0.1) is 0 Å². The quantitative estimate of drug-likeness (QED) is 0.754. The van der Waals surface area contributed by atoms with Gasteiger partial charge in [-0.2, -0.15) is 0 Å². The summed E-state index contributed by atoms with van der Waals surface area (Å²) < 4.78 is 5.81. The molecule has 0 aliphatic heterocycles. The molecule has 1 aromatic rings.